The van der Waals surface area contributed by atoms with Gasteiger partial charge in [0.25, 0.3) is 0 Å². The maximum Gasteiger partial charge on any atom is 0.161 e. The topological polar surface area (TPSA) is 59.0 Å². The molecule has 172 valence electrons. The lowest BCUT2D eigenvalue weighted by molar-refractivity contribution is -0.131. The fourth-order valence-electron chi connectivity index (χ4n) is 5.50. The predicted octanol–water partition coefficient (Wildman–Crippen LogP) is 4.57. The number of ketones is 1. The highest BCUT2D eigenvalue weighted by Crippen LogP contribution is 2.47. The molecule has 2 aliphatic rings. The smallest absolute Gasteiger partial charge is 0.161 e. The Morgan fingerprint density at radius 2 is 1.88 bits per heavy atom. The number of likely N-dealkylation sites (tertiary alicyclic amines) is 1. The van der Waals surface area contributed by atoms with E-state index in [0.29, 0.717) is 6.54 Å². The summed E-state index contributed by atoms with van der Waals surface area (Å²) in [6.07, 6.45) is 3.76. The van der Waals surface area contributed by atoms with Crippen LogP contribution in [-0.2, 0) is 11.3 Å². The zero-order valence-corrected chi connectivity index (χ0v) is 19.4. The number of carbonyl (C=O) groups excluding carboxylic acids is 1. The monoisotopic (exact) mass is 437 g/mol. The maximum absolute atomic E-state index is 12.3. The van der Waals surface area contributed by atoms with Crippen molar-refractivity contribution in [1.82, 2.24) is 4.90 Å². The number of nitrogens with zero attached hydrogens (tertiary/aromatic N) is 1. The van der Waals surface area contributed by atoms with Gasteiger partial charge in [0.1, 0.15) is 6.10 Å². The number of aliphatic hydroxyl groups is 1. The van der Waals surface area contributed by atoms with Crippen LogP contribution in [-0.4, -0.2) is 48.2 Å². The first-order valence-electron chi connectivity index (χ1n) is 11.7. The molecule has 5 nitrogen and oxygen atoms in total. The van der Waals surface area contributed by atoms with Crippen LogP contribution in [0.1, 0.15) is 56.6 Å². The van der Waals surface area contributed by atoms with Gasteiger partial charge in [-0.15, -0.1) is 0 Å². The minimum Gasteiger partial charge on any atom is -0.493 e. The summed E-state index contributed by atoms with van der Waals surface area (Å²) < 4.78 is 11.9. The molecule has 1 N–H and O–H groups in total. The number of hydrogen-bond acceptors (Lipinski definition) is 5. The second-order valence-corrected chi connectivity index (χ2v) is 9.66. The summed E-state index contributed by atoms with van der Waals surface area (Å²) in [5, 5.41) is 11.0. The third kappa shape index (κ3) is 4.69. The van der Waals surface area contributed by atoms with Crippen molar-refractivity contribution in [2.45, 2.75) is 64.2 Å². The van der Waals surface area contributed by atoms with Crippen molar-refractivity contribution in [3.63, 3.8) is 0 Å². The van der Waals surface area contributed by atoms with Crippen molar-refractivity contribution in [3.05, 3.63) is 59.7 Å². The molecular formula is C27H35NO4. The number of ether oxygens (including phenoxy) is 2. The van der Waals surface area contributed by atoms with Gasteiger partial charge < -0.3 is 14.6 Å². The Balaban J connectivity index is 1.64. The minimum atomic E-state index is -1.02. The van der Waals surface area contributed by atoms with Gasteiger partial charge in [-0.1, -0.05) is 43.3 Å². The lowest BCUT2D eigenvalue weighted by Gasteiger charge is -2.35. The molecule has 4 rings (SSSR count). The van der Waals surface area contributed by atoms with E-state index in [9.17, 15) is 9.90 Å². The summed E-state index contributed by atoms with van der Waals surface area (Å²) in [6, 6.07) is 16.4. The highest BCUT2D eigenvalue weighted by atomic mass is 16.5. The normalized spacial score (nSPS) is 25.1. The number of Topliss-reactive ketones (excluding diaryl/α,β-unsaturated/α-hetero) is 1. The van der Waals surface area contributed by atoms with Crippen LogP contribution >= 0.6 is 0 Å². The minimum absolute atomic E-state index is 0.00180. The summed E-state index contributed by atoms with van der Waals surface area (Å²) >= 11 is 0. The molecule has 0 unspecified atom stereocenters. The van der Waals surface area contributed by atoms with Gasteiger partial charge in [0.05, 0.1) is 13.2 Å². The molecule has 0 radical (unpaired) electrons. The van der Waals surface area contributed by atoms with Crippen molar-refractivity contribution in [3.8, 4) is 11.5 Å². The number of hydrogen-bond donors (Lipinski definition) is 1. The first-order chi connectivity index (χ1) is 15.4. The van der Waals surface area contributed by atoms with E-state index in [1.165, 1.54) is 25.3 Å². The van der Waals surface area contributed by atoms with Gasteiger partial charge in [-0.3, -0.25) is 9.69 Å². The summed E-state index contributed by atoms with van der Waals surface area (Å²) in [4.78, 5) is 14.6. The van der Waals surface area contributed by atoms with Crippen LogP contribution in [0.4, 0.5) is 0 Å². The number of benzene rings is 2. The van der Waals surface area contributed by atoms with Crippen LogP contribution in [0, 0.1) is 5.41 Å². The molecule has 1 saturated heterocycles. The fourth-order valence-corrected chi connectivity index (χ4v) is 5.50. The molecule has 3 atom stereocenters. The van der Waals surface area contributed by atoms with Gasteiger partial charge >= 0.3 is 0 Å². The van der Waals surface area contributed by atoms with Gasteiger partial charge in [0, 0.05) is 31.0 Å². The van der Waals surface area contributed by atoms with E-state index in [4.69, 9.17) is 9.47 Å². The Morgan fingerprint density at radius 3 is 2.53 bits per heavy atom. The SMILES string of the molecule is COc1ccc([C@@H]2CN(Cc3ccccc3)C[C@@]2(C)[C@@H](O)C(C)=O)cc1OC1CCCC1. The summed E-state index contributed by atoms with van der Waals surface area (Å²) in [7, 11) is 1.66. The molecule has 32 heavy (non-hydrogen) atoms. The molecule has 0 spiro atoms. The van der Waals surface area contributed by atoms with E-state index in [1.807, 2.05) is 31.2 Å². The summed E-state index contributed by atoms with van der Waals surface area (Å²) in [6.45, 7) is 5.73. The Kier molecular flexibility index (Phi) is 6.87. The van der Waals surface area contributed by atoms with Crippen LogP contribution in [0.3, 0.4) is 0 Å². The van der Waals surface area contributed by atoms with E-state index in [2.05, 4.69) is 29.2 Å². The van der Waals surface area contributed by atoms with E-state index in [0.717, 1.165) is 43.0 Å². The zero-order chi connectivity index (χ0) is 22.7. The Hall–Kier alpha value is -2.37. The quantitative estimate of drug-likeness (QED) is 0.655. The number of aliphatic hydroxyl groups excluding tert-OH is 1. The summed E-state index contributed by atoms with van der Waals surface area (Å²) in [5.41, 5.74) is 1.73. The van der Waals surface area contributed by atoms with Crippen LogP contribution in [0.25, 0.3) is 0 Å². The number of rotatable bonds is 8. The lowest BCUT2D eigenvalue weighted by Crippen LogP contribution is -2.42. The predicted molar refractivity (Wildman–Crippen MR) is 125 cm³/mol. The molecule has 5 heteroatoms. The molecule has 2 aromatic rings. The third-order valence-corrected chi connectivity index (χ3v) is 7.25. The zero-order valence-electron chi connectivity index (χ0n) is 19.4. The van der Waals surface area contributed by atoms with Crippen LogP contribution < -0.4 is 9.47 Å². The number of carbonyl (C=O) groups is 1. The molecule has 0 aromatic heterocycles. The average molecular weight is 438 g/mol. The summed E-state index contributed by atoms with van der Waals surface area (Å²) in [5.74, 6) is 1.31. The van der Waals surface area contributed by atoms with Crippen molar-refractivity contribution < 1.29 is 19.4 Å². The van der Waals surface area contributed by atoms with Gasteiger partial charge in [0.15, 0.2) is 17.3 Å². The molecule has 1 heterocycles. The molecule has 2 aromatic carbocycles. The standard InChI is InChI=1S/C27H35NO4/c1-19(29)26(30)27(2)18-28(16-20-9-5-4-6-10-20)17-23(27)21-13-14-24(31-3)25(15-21)32-22-11-7-8-12-22/h4-6,9-10,13-15,22-23,26,30H,7-8,11-12,16-18H2,1-3H3/t23-,26-,27+/m0/s1. The molecule has 1 aliphatic heterocycles. The van der Waals surface area contributed by atoms with Crippen molar-refractivity contribution in [2.24, 2.45) is 5.41 Å². The van der Waals surface area contributed by atoms with Gasteiger partial charge in [0.2, 0.25) is 0 Å². The second kappa shape index (κ2) is 9.63. The van der Waals surface area contributed by atoms with E-state index >= 15 is 0 Å². The molecular weight excluding hydrogens is 402 g/mol. The van der Waals surface area contributed by atoms with Gasteiger partial charge in [-0.05, 0) is 55.9 Å². The first-order valence-corrected chi connectivity index (χ1v) is 11.7. The van der Waals surface area contributed by atoms with Gasteiger partial charge in [-0.2, -0.15) is 0 Å². The largest absolute Gasteiger partial charge is 0.493 e. The van der Waals surface area contributed by atoms with Crippen molar-refractivity contribution >= 4 is 5.78 Å². The second-order valence-electron chi connectivity index (χ2n) is 9.66. The van der Waals surface area contributed by atoms with Crippen LogP contribution in [0.15, 0.2) is 48.5 Å². The first kappa shape index (κ1) is 22.8. The van der Waals surface area contributed by atoms with E-state index < -0.39 is 11.5 Å². The molecule has 1 saturated carbocycles. The maximum atomic E-state index is 12.3. The van der Waals surface area contributed by atoms with Gasteiger partial charge in [-0.25, -0.2) is 0 Å². The molecule has 1 aliphatic carbocycles. The Labute approximate surface area is 191 Å². The van der Waals surface area contributed by atoms with Crippen LogP contribution in [0.2, 0.25) is 0 Å². The van der Waals surface area contributed by atoms with Crippen molar-refractivity contribution in [1.29, 1.82) is 0 Å². The van der Waals surface area contributed by atoms with Crippen molar-refractivity contribution in [2.75, 3.05) is 20.2 Å². The highest BCUT2D eigenvalue weighted by molar-refractivity contribution is 5.81. The third-order valence-electron chi connectivity index (χ3n) is 7.25. The highest BCUT2D eigenvalue weighted by Gasteiger charge is 2.50. The van der Waals surface area contributed by atoms with E-state index in [-0.39, 0.29) is 17.8 Å². The molecule has 0 amide bonds. The average Bonchev–Trinajstić information content (AvgIpc) is 3.42. The lowest BCUT2D eigenvalue weighted by atomic mass is 9.71. The molecule has 0 bridgehead atoms. The number of methoxy groups -OCH3 is 1. The van der Waals surface area contributed by atoms with Crippen LogP contribution in [0.5, 0.6) is 11.5 Å². The fraction of sp³-hybridized carbons (Fsp3) is 0.519. The van der Waals surface area contributed by atoms with E-state index in [1.54, 1.807) is 7.11 Å². The Bertz CT molecular complexity index is 925. The molecule has 2 fully saturated rings. The Morgan fingerprint density at radius 1 is 1.16 bits per heavy atom.